The van der Waals surface area contributed by atoms with Crippen molar-refractivity contribution in [3.63, 3.8) is 0 Å². The van der Waals surface area contributed by atoms with Crippen molar-refractivity contribution >= 4 is 11.6 Å². The van der Waals surface area contributed by atoms with Gasteiger partial charge in [0.15, 0.2) is 5.82 Å². The Balaban J connectivity index is 2.00. The maximum atomic E-state index is 5.06. The molecule has 17 heavy (non-hydrogen) atoms. The van der Waals surface area contributed by atoms with Gasteiger partial charge in [-0.05, 0) is 18.3 Å². The van der Waals surface area contributed by atoms with Crippen molar-refractivity contribution in [1.29, 1.82) is 0 Å². The minimum absolute atomic E-state index is 0.435. The number of anilines is 2. The van der Waals surface area contributed by atoms with Gasteiger partial charge >= 0.3 is 0 Å². The molecule has 0 saturated heterocycles. The summed E-state index contributed by atoms with van der Waals surface area (Å²) in [6.45, 7) is 3.71. The van der Waals surface area contributed by atoms with Crippen LogP contribution in [0.5, 0.6) is 0 Å². The molecule has 1 aliphatic carbocycles. The van der Waals surface area contributed by atoms with Gasteiger partial charge < -0.3 is 15.4 Å². The normalized spacial score (nSPS) is 22.3. The first-order valence-corrected chi connectivity index (χ1v) is 6.01. The Hall–Kier alpha value is -1.36. The van der Waals surface area contributed by atoms with E-state index in [-0.39, 0.29) is 0 Å². The second kappa shape index (κ2) is 5.31. The Morgan fingerprint density at radius 3 is 2.71 bits per heavy atom. The Morgan fingerprint density at radius 1 is 1.41 bits per heavy atom. The van der Waals surface area contributed by atoms with Crippen LogP contribution in [0.3, 0.4) is 0 Å². The predicted molar refractivity (Wildman–Crippen MR) is 68.1 cm³/mol. The van der Waals surface area contributed by atoms with E-state index in [9.17, 15) is 0 Å². The summed E-state index contributed by atoms with van der Waals surface area (Å²) in [7, 11) is 3.50. The highest BCUT2D eigenvalue weighted by atomic mass is 16.5. The van der Waals surface area contributed by atoms with E-state index >= 15 is 0 Å². The zero-order chi connectivity index (χ0) is 12.3. The standard InChI is InChI=1S/C12H20N4O/c1-8-4-9(8)6-14-11-5-10(13-2)15-12(16-11)7-17-3/h5,8-9H,4,6-7H2,1-3H3,(H2,13,14,15,16). The number of hydrogen-bond acceptors (Lipinski definition) is 5. The number of nitrogens with one attached hydrogen (secondary N) is 2. The van der Waals surface area contributed by atoms with Gasteiger partial charge in [0.1, 0.15) is 18.2 Å². The predicted octanol–water partition coefficient (Wildman–Crippen LogP) is 1.73. The summed E-state index contributed by atoms with van der Waals surface area (Å²) in [4.78, 5) is 8.72. The van der Waals surface area contributed by atoms with Crippen molar-refractivity contribution in [2.75, 3.05) is 31.3 Å². The van der Waals surface area contributed by atoms with Crippen LogP contribution in [-0.4, -0.2) is 30.7 Å². The third-order valence-corrected chi connectivity index (χ3v) is 3.12. The Labute approximate surface area is 102 Å². The summed E-state index contributed by atoms with van der Waals surface area (Å²) in [5.41, 5.74) is 0. The van der Waals surface area contributed by atoms with Crippen molar-refractivity contribution in [1.82, 2.24) is 9.97 Å². The number of aromatic nitrogens is 2. The molecule has 2 rings (SSSR count). The third-order valence-electron chi connectivity index (χ3n) is 3.12. The van der Waals surface area contributed by atoms with Gasteiger partial charge in [0.2, 0.25) is 0 Å². The van der Waals surface area contributed by atoms with Crippen LogP contribution in [0, 0.1) is 11.8 Å². The highest BCUT2D eigenvalue weighted by Gasteiger charge is 2.31. The van der Waals surface area contributed by atoms with Gasteiger partial charge in [-0.1, -0.05) is 6.92 Å². The van der Waals surface area contributed by atoms with Crippen molar-refractivity contribution < 1.29 is 4.74 Å². The Morgan fingerprint density at radius 2 is 2.12 bits per heavy atom. The lowest BCUT2D eigenvalue weighted by molar-refractivity contribution is 0.178. The van der Waals surface area contributed by atoms with Crippen LogP contribution in [-0.2, 0) is 11.3 Å². The minimum atomic E-state index is 0.435. The fourth-order valence-corrected chi connectivity index (χ4v) is 1.83. The lowest BCUT2D eigenvalue weighted by Crippen LogP contribution is -2.09. The molecular formula is C12H20N4O. The summed E-state index contributed by atoms with van der Waals surface area (Å²) in [5.74, 6) is 4.04. The summed E-state index contributed by atoms with van der Waals surface area (Å²) in [5, 5.41) is 6.40. The smallest absolute Gasteiger partial charge is 0.158 e. The van der Waals surface area contributed by atoms with E-state index in [2.05, 4.69) is 27.5 Å². The van der Waals surface area contributed by atoms with E-state index in [1.165, 1.54) is 6.42 Å². The van der Waals surface area contributed by atoms with Gasteiger partial charge in [-0.25, -0.2) is 9.97 Å². The number of ether oxygens (including phenoxy) is 1. The highest BCUT2D eigenvalue weighted by molar-refractivity contribution is 5.47. The molecule has 2 unspecified atom stereocenters. The summed E-state index contributed by atoms with van der Waals surface area (Å²) >= 11 is 0. The first kappa shape index (κ1) is 12.1. The zero-order valence-corrected chi connectivity index (χ0v) is 10.7. The third kappa shape index (κ3) is 3.30. The number of hydrogen-bond donors (Lipinski definition) is 2. The largest absolute Gasteiger partial charge is 0.377 e. The van der Waals surface area contributed by atoms with E-state index in [0.29, 0.717) is 12.4 Å². The SMILES string of the molecule is CNc1cc(NCC2CC2C)nc(COC)n1. The van der Waals surface area contributed by atoms with E-state index in [0.717, 1.165) is 30.0 Å². The van der Waals surface area contributed by atoms with Gasteiger partial charge in [0.25, 0.3) is 0 Å². The number of methoxy groups -OCH3 is 1. The van der Waals surface area contributed by atoms with Crippen LogP contribution in [0.1, 0.15) is 19.2 Å². The molecule has 0 bridgehead atoms. The molecule has 0 amide bonds. The first-order chi connectivity index (χ1) is 8.22. The molecule has 1 fully saturated rings. The monoisotopic (exact) mass is 236 g/mol. The average molecular weight is 236 g/mol. The lowest BCUT2D eigenvalue weighted by atomic mass is 10.3. The Bertz CT molecular complexity index is 383. The molecule has 2 N–H and O–H groups in total. The molecule has 0 aliphatic heterocycles. The minimum Gasteiger partial charge on any atom is -0.377 e. The van der Waals surface area contributed by atoms with E-state index in [4.69, 9.17) is 4.74 Å². The molecule has 0 radical (unpaired) electrons. The number of rotatable bonds is 6. The van der Waals surface area contributed by atoms with Crippen LogP contribution < -0.4 is 10.6 Å². The quantitative estimate of drug-likeness (QED) is 0.787. The molecule has 5 nitrogen and oxygen atoms in total. The summed E-state index contributed by atoms with van der Waals surface area (Å²) < 4.78 is 5.06. The van der Waals surface area contributed by atoms with E-state index in [1.54, 1.807) is 7.11 Å². The average Bonchev–Trinajstić information content (AvgIpc) is 3.03. The fourth-order valence-electron chi connectivity index (χ4n) is 1.83. The zero-order valence-electron chi connectivity index (χ0n) is 10.7. The first-order valence-electron chi connectivity index (χ1n) is 6.01. The summed E-state index contributed by atoms with van der Waals surface area (Å²) in [6, 6.07) is 1.92. The van der Waals surface area contributed by atoms with Crippen molar-refractivity contribution in [2.45, 2.75) is 20.0 Å². The van der Waals surface area contributed by atoms with Gasteiger partial charge in [-0.2, -0.15) is 0 Å². The maximum absolute atomic E-state index is 5.06. The lowest BCUT2D eigenvalue weighted by Gasteiger charge is -2.09. The van der Waals surface area contributed by atoms with Gasteiger partial charge in [0.05, 0.1) is 0 Å². The molecule has 0 aromatic carbocycles. The van der Waals surface area contributed by atoms with E-state index in [1.807, 2.05) is 13.1 Å². The number of nitrogens with zero attached hydrogens (tertiary/aromatic N) is 2. The van der Waals surface area contributed by atoms with Crippen LogP contribution in [0.25, 0.3) is 0 Å². The molecule has 2 atom stereocenters. The van der Waals surface area contributed by atoms with Crippen LogP contribution in [0.2, 0.25) is 0 Å². The van der Waals surface area contributed by atoms with Gasteiger partial charge in [0, 0.05) is 26.8 Å². The molecule has 1 saturated carbocycles. The second-order valence-corrected chi connectivity index (χ2v) is 4.59. The Kier molecular flexibility index (Phi) is 3.78. The van der Waals surface area contributed by atoms with Crippen molar-refractivity contribution in [2.24, 2.45) is 11.8 Å². The van der Waals surface area contributed by atoms with Gasteiger partial charge in [-0.3, -0.25) is 0 Å². The fraction of sp³-hybridized carbons (Fsp3) is 0.667. The van der Waals surface area contributed by atoms with Crippen LogP contribution in [0.4, 0.5) is 11.6 Å². The molecule has 1 aromatic rings. The molecule has 1 heterocycles. The van der Waals surface area contributed by atoms with Crippen molar-refractivity contribution in [3.05, 3.63) is 11.9 Å². The molecule has 94 valence electrons. The van der Waals surface area contributed by atoms with Crippen LogP contribution >= 0.6 is 0 Å². The highest BCUT2D eigenvalue weighted by Crippen LogP contribution is 2.37. The molecule has 1 aliphatic rings. The molecular weight excluding hydrogens is 216 g/mol. The summed E-state index contributed by atoms with van der Waals surface area (Å²) in [6.07, 6.45) is 1.32. The molecule has 0 spiro atoms. The maximum Gasteiger partial charge on any atom is 0.158 e. The van der Waals surface area contributed by atoms with Gasteiger partial charge in [-0.15, -0.1) is 0 Å². The van der Waals surface area contributed by atoms with Crippen molar-refractivity contribution in [3.8, 4) is 0 Å². The van der Waals surface area contributed by atoms with E-state index < -0.39 is 0 Å². The molecule has 5 heteroatoms. The van der Waals surface area contributed by atoms with Crippen LogP contribution in [0.15, 0.2) is 6.07 Å². The molecule has 1 aromatic heterocycles. The topological polar surface area (TPSA) is 59.1 Å². The second-order valence-electron chi connectivity index (χ2n) is 4.59.